The Hall–Kier alpha value is -2.54. The molecule has 52 heavy (non-hydrogen) atoms. The summed E-state index contributed by atoms with van der Waals surface area (Å²) >= 11 is 0. The molecular weight excluding hydrogens is 649 g/mol. The predicted octanol–water partition coefficient (Wildman–Crippen LogP) is 9.69. The van der Waals surface area contributed by atoms with Crippen molar-refractivity contribution in [3.05, 3.63) is 41.2 Å². The van der Waals surface area contributed by atoms with Gasteiger partial charge in [0.1, 0.15) is 6.10 Å². The van der Waals surface area contributed by atoms with Crippen molar-refractivity contribution in [2.45, 2.75) is 158 Å². The van der Waals surface area contributed by atoms with Gasteiger partial charge >= 0.3 is 11.9 Å². The van der Waals surface area contributed by atoms with Crippen LogP contribution in [0.5, 0.6) is 0 Å². The molecule has 6 rings (SSSR count). The zero-order valence-corrected chi connectivity index (χ0v) is 34.2. The number of ketones is 1. The lowest BCUT2D eigenvalue weighted by atomic mass is 9.33. The molecule has 0 radical (unpaired) electrons. The number of allylic oxidation sites excluding steroid dienone is 2. The normalized spacial score (nSPS) is 37.2. The van der Waals surface area contributed by atoms with Gasteiger partial charge in [0.05, 0.1) is 11.8 Å². The third kappa shape index (κ3) is 6.02. The number of aliphatic carboxylic acids is 1. The van der Waals surface area contributed by atoms with Gasteiger partial charge in [-0.3, -0.25) is 19.4 Å². The average molecular weight is 717 g/mol. The lowest BCUT2D eigenvalue weighted by Gasteiger charge is -2.72. The fraction of sp³-hybridized carbons (Fsp3) is 0.778. The van der Waals surface area contributed by atoms with E-state index in [1.807, 2.05) is 18.5 Å². The summed E-state index contributed by atoms with van der Waals surface area (Å²) < 4.78 is 6.19. The summed E-state index contributed by atoms with van der Waals surface area (Å²) in [6, 6.07) is 4.14. The quantitative estimate of drug-likeness (QED) is 0.232. The van der Waals surface area contributed by atoms with Gasteiger partial charge in [-0.05, 0) is 149 Å². The maximum Gasteiger partial charge on any atom is 0.309 e. The number of nitrogens with zero attached hydrogens (tertiary/aromatic N) is 1. The van der Waals surface area contributed by atoms with Crippen LogP contribution in [0.4, 0.5) is 0 Å². The number of hydrogen-bond donors (Lipinski definition) is 2. The van der Waals surface area contributed by atoms with Gasteiger partial charge in [-0.15, -0.1) is 0 Å². The standard InChI is InChI=1S/C45H68N2O5/c1-28(2)36-31(48)25-45(22-24-47-41(7,8)29-13-12-23-46-27-29)21-20-43(10)30(37(36)45)14-15-33-42(9)18-17-34(52-35(49)26-39(3,4)38(50)51)40(5,6)32(42)16-19-44(33,43)11/h12-13,23,27-28,30,32-34,47H,14-22,24-26H2,1-11H3,(H,50,51)/t30-,32+,33-,34+,42+,43-,44-,45-/m1/s1. The number of pyridine rings is 1. The minimum absolute atomic E-state index is 0.0671. The van der Waals surface area contributed by atoms with Crippen molar-refractivity contribution in [3.8, 4) is 0 Å². The van der Waals surface area contributed by atoms with Gasteiger partial charge in [0.25, 0.3) is 0 Å². The summed E-state index contributed by atoms with van der Waals surface area (Å²) in [4.78, 5) is 43.3. The molecule has 5 aliphatic carbocycles. The van der Waals surface area contributed by atoms with E-state index in [2.05, 4.69) is 78.7 Å². The van der Waals surface area contributed by atoms with Crippen LogP contribution in [-0.4, -0.2) is 40.5 Å². The second kappa shape index (κ2) is 13.0. The highest BCUT2D eigenvalue weighted by atomic mass is 16.5. The molecule has 4 saturated carbocycles. The van der Waals surface area contributed by atoms with Crippen molar-refractivity contribution in [2.24, 2.45) is 56.2 Å². The van der Waals surface area contributed by atoms with E-state index in [0.29, 0.717) is 30.0 Å². The first-order valence-corrected chi connectivity index (χ1v) is 20.4. The van der Waals surface area contributed by atoms with E-state index in [-0.39, 0.29) is 51.1 Å². The van der Waals surface area contributed by atoms with Crippen molar-refractivity contribution in [2.75, 3.05) is 6.54 Å². The summed E-state index contributed by atoms with van der Waals surface area (Å²) in [5.41, 5.74) is 2.59. The Kier molecular flexibility index (Phi) is 9.83. The van der Waals surface area contributed by atoms with E-state index in [9.17, 15) is 19.5 Å². The number of carbonyl (C=O) groups is 3. The topological polar surface area (TPSA) is 106 Å². The Morgan fingerprint density at radius 3 is 2.31 bits per heavy atom. The zero-order valence-electron chi connectivity index (χ0n) is 34.2. The lowest BCUT2D eigenvalue weighted by molar-refractivity contribution is -0.233. The molecule has 4 fully saturated rings. The van der Waals surface area contributed by atoms with Gasteiger partial charge in [-0.25, -0.2) is 0 Å². The first-order valence-electron chi connectivity index (χ1n) is 20.4. The Morgan fingerprint density at radius 1 is 0.962 bits per heavy atom. The molecule has 0 spiro atoms. The zero-order chi connectivity index (χ0) is 38.3. The highest BCUT2D eigenvalue weighted by Crippen LogP contribution is 2.77. The number of ether oxygens (including phenoxy) is 1. The van der Waals surface area contributed by atoms with E-state index in [0.717, 1.165) is 63.5 Å². The highest BCUT2D eigenvalue weighted by molar-refractivity contribution is 6.00. The number of aromatic nitrogens is 1. The summed E-state index contributed by atoms with van der Waals surface area (Å²) in [7, 11) is 0. The SMILES string of the molecule is CC(C)C1=C2[C@H]3CC[C@@H]4[C@@]5(C)CC[C@H](OC(=O)CC(C)(C)C(=O)O)C(C)(C)[C@@H]5CC[C@@]4(C)[C@]3(C)CC[C@@]2(CCNC(C)(C)c2cccnc2)CC1=O. The number of rotatable bonds is 10. The maximum absolute atomic E-state index is 14.1. The summed E-state index contributed by atoms with van der Waals surface area (Å²) in [6.07, 6.45) is 13.7. The molecule has 288 valence electrons. The Bertz CT molecular complexity index is 1610. The van der Waals surface area contributed by atoms with Crippen molar-refractivity contribution in [3.63, 3.8) is 0 Å². The monoisotopic (exact) mass is 717 g/mol. The van der Waals surface area contributed by atoms with Crippen LogP contribution in [0.3, 0.4) is 0 Å². The largest absolute Gasteiger partial charge is 0.481 e. The second-order valence-corrected chi connectivity index (χ2v) is 20.7. The van der Waals surface area contributed by atoms with Crippen molar-refractivity contribution in [1.82, 2.24) is 10.3 Å². The summed E-state index contributed by atoms with van der Waals surface area (Å²) in [5, 5.41) is 13.5. The van der Waals surface area contributed by atoms with E-state index in [1.165, 1.54) is 17.6 Å². The third-order valence-electron chi connectivity index (χ3n) is 16.5. The molecular formula is C45H68N2O5. The molecule has 0 aliphatic heterocycles. The summed E-state index contributed by atoms with van der Waals surface area (Å²) in [6.45, 7) is 25.4. The predicted molar refractivity (Wildman–Crippen MR) is 205 cm³/mol. The molecule has 5 aliphatic rings. The third-order valence-corrected chi connectivity index (χ3v) is 16.5. The number of esters is 1. The molecule has 1 aromatic heterocycles. The molecule has 0 aromatic carbocycles. The molecule has 7 nitrogen and oxygen atoms in total. The van der Waals surface area contributed by atoms with Crippen LogP contribution >= 0.6 is 0 Å². The number of fused-ring (bicyclic) bond motifs is 7. The minimum atomic E-state index is -1.15. The van der Waals surface area contributed by atoms with Gasteiger partial charge < -0.3 is 15.2 Å². The van der Waals surface area contributed by atoms with E-state index in [1.54, 1.807) is 13.8 Å². The Labute approximate surface area is 313 Å². The van der Waals surface area contributed by atoms with Gasteiger partial charge in [0, 0.05) is 35.2 Å². The first-order chi connectivity index (χ1) is 24.1. The lowest BCUT2D eigenvalue weighted by Crippen LogP contribution is -2.65. The average Bonchev–Trinajstić information content (AvgIpc) is 3.35. The number of hydrogen-bond acceptors (Lipinski definition) is 6. The molecule has 7 heteroatoms. The van der Waals surface area contributed by atoms with Gasteiger partial charge in [-0.1, -0.05) is 60.1 Å². The molecule has 0 amide bonds. The molecule has 1 aromatic rings. The number of nitrogens with one attached hydrogen (secondary N) is 1. The maximum atomic E-state index is 14.1. The fourth-order valence-electron chi connectivity index (χ4n) is 13.3. The Balaban J connectivity index is 1.26. The van der Waals surface area contributed by atoms with E-state index >= 15 is 0 Å². The van der Waals surface area contributed by atoms with Crippen LogP contribution in [0, 0.1) is 56.2 Å². The molecule has 2 N–H and O–H groups in total. The van der Waals surface area contributed by atoms with Crippen LogP contribution in [0.1, 0.15) is 152 Å². The van der Waals surface area contributed by atoms with Crippen molar-refractivity contribution in [1.29, 1.82) is 0 Å². The van der Waals surface area contributed by atoms with Gasteiger partial charge in [0.15, 0.2) is 5.78 Å². The first kappa shape index (κ1) is 39.2. The van der Waals surface area contributed by atoms with Crippen LogP contribution < -0.4 is 5.32 Å². The highest BCUT2D eigenvalue weighted by Gasteiger charge is 2.70. The van der Waals surface area contributed by atoms with Crippen molar-refractivity contribution < 1.29 is 24.2 Å². The molecule has 0 unspecified atom stereocenters. The number of carboxylic acids is 1. The smallest absolute Gasteiger partial charge is 0.309 e. The number of carboxylic acid groups (broad SMARTS) is 1. The van der Waals surface area contributed by atoms with Gasteiger partial charge in [0.2, 0.25) is 0 Å². The molecule has 0 bridgehead atoms. The van der Waals surface area contributed by atoms with Crippen LogP contribution in [0.2, 0.25) is 0 Å². The molecule has 1 heterocycles. The van der Waals surface area contributed by atoms with E-state index in [4.69, 9.17) is 4.74 Å². The van der Waals surface area contributed by atoms with Crippen LogP contribution in [0.25, 0.3) is 0 Å². The van der Waals surface area contributed by atoms with Crippen molar-refractivity contribution >= 4 is 17.7 Å². The summed E-state index contributed by atoms with van der Waals surface area (Å²) in [5.74, 6) is 0.625. The fourth-order valence-corrected chi connectivity index (χ4v) is 13.3. The molecule has 0 saturated heterocycles. The van der Waals surface area contributed by atoms with Crippen LogP contribution in [-0.2, 0) is 24.7 Å². The minimum Gasteiger partial charge on any atom is -0.481 e. The number of carbonyl (C=O) groups excluding carboxylic acids is 2. The van der Waals surface area contributed by atoms with Gasteiger partial charge in [-0.2, -0.15) is 0 Å². The Morgan fingerprint density at radius 2 is 1.67 bits per heavy atom. The van der Waals surface area contributed by atoms with Crippen LogP contribution in [0.15, 0.2) is 35.7 Å². The number of Topliss-reactive ketones (excluding diaryl/α,β-unsaturated/α-hetero) is 1. The second-order valence-electron chi connectivity index (χ2n) is 20.7. The molecule has 8 atom stereocenters. The van der Waals surface area contributed by atoms with E-state index < -0.39 is 17.4 Å².